The Balaban J connectivity index is 2.61. The van der Waals surface area contributed by atoms with E-state index < -0.39 is 0 Å². The molecule has 86 valence electrons. The molecule has 0 radical (unpaired) electrons. The van der Waals surface area contributed by atoms with Gasteiger partial charge >= 0.3 is 0 Å². The molecule has 0 atom stereocenters. The monoisotopic (exact) mass is 264 g/mol. The van der Waals surface area contributed by atoms with Crippen LogP contribution < -0.4 is 0 Å². The van der Waals surface area contributed by atoms with E-state index in [0.29, 0.717) is 15.6 Å². The number of benzene rings is 1. The summed E-state index contributed by atoms with van der Waals surface area (Å²) in [6.07, 6.45) is 0. The smallest absolute Gasteiger partial charge is 0.101 e. The number of rotatable bonds is 1. The highest BCUT2D eigenvalue weighted by atomic mass is 35.5. The Morgan fingerprint density at radius 2 is 1.88 bits per heavy atom. The zero-order valence-electron chi connectivity index (χ0n) is 9.46. The Bertz CT molecular complexity index is 621. The lowest BCUT2D eigenvalue weighted by Crippen LogP contribution is -1.94. The SMILES string of the molecule is Cc1c(C#N)cc(-c2ccc(Cl)c(Cl)c2)n1C. The fraction of sp³-hybridized carbons (Fsp3) is 0.154. The van der Waals surface area contributed by atoms with Crippen LogP contribution in [0.3, 0.4) is 0 Å². The first-order chi connectivity index (χ1) is 8.04. The molecule has 1 heterocycles. The normalized spacial score (nSPS) is 10.3. The summed E-state index contributed by atoms with van der Waals surface area (Å²) in [4.78, 5) is 0. The molecule has 2 nitrogen and oxygen atoms in total. The zero-order valence-corrected chi connectivity index (χ0v) is 11.0. The maximum Gasteiger partial charge on any atom is 0.101 e. The van der Waals surface area contributed by atoms with E-state index in [2.05, 4.69) is 6.07 Å². The van der Waals surface area contributed by atoms with Crippen molar-refractivity contribution in [2.75, 3.05) is 0 Å². The van der Waals surface area contributed by atoms with E-state index in [-0.39, 0.29) is 0 Å². The van der Waals surface area contributed by atoms with Crippen LogP contribution in [0.1, 0.15) is 11.3 Å². The van der Waals surface area contributed by atoms with E-state index in [1.807, 2.05) is 30.7 Å². The van der Waals surface area contributed by atoms with Crippen LogP contribution in [-0.4, -0.2) is 4.57 Å². The van der Waals surface area contributed by atoms with Gasteiger partial charge in [-0.25, -0.2) is 0 Å². The van der Waals surface area contributed by atoms with E-state index in [1.165, 1.54) is 0 Å². The van der Waals surface area contributed by atoms with Gasteiger partial charge in [0, 0.05) is 18.4 Å². The minimum absolute atomic E-state index is 0.515. The Kier molecular flexibility index (Phi) is 3.15. The third-order valence-electron chi connectivity index (χ3n) is 2.87. The predicted octanol–water partition coefficient (Wildman–Crippen LogP) is 4.18. The van der Waals surface area contributed by atoms with Gasteiger partial charge in [0.25, 0.3) is 0 Å². The molecule has 2 rings (SSSR count). The number of hydrogen-bond donors (Lipinski definition) is 0. The van der Waals surface area contributed by atoms with Crippen molar-refractivity contribution in [2.45, 2.75) is 6.92 Å². The molecular weight excluding hydrogens is 255 g/mol. The van der Waals surface area contributed by atoms with Gasteiger partial charge < -0.3 is 4.57 Å². The second kappa shape index (κ2) is 4.44. The summed E-state index contributed by atoms with van der Waals surface area (Å²) in [6, 6.07) is 9.48. The van der Waals surface area contributed by atoms with Crippen LogP contribution in [0, 0.1) is 18.3 Å². The quantitative estimate of drug-likeness (QED) is 0.760. The molecule has 0 spiro atoms. The van der Waals surface area contributed by atoms with Gasteiger partial charge in [-0.3, -0.25) is 0 Å². The van der Waals surface area contributed by atoms with Crippen molar-refractivity contribution in [1.29, 1.82) is 5.26 Å². The van der Waals surface area contributed by atoms with Gasteiger partial charge in [-0.1, -0.05) is 29.3 Å². The van der Waals surface area contributed by atoms with Gasteiger partial charge in [-0.15, -0.1) is 0 Å². The molecule has 0 bridgehead atoms. The zero-order chi connectivity index (χ0) is 12.6. The molecule has 2 aromatic rings. The molecule has 0 amide bonds. The highest BCUT2D eigenvalue weighted by molar-refractivity contribution is 6.42. The van der Waals surface area contributed by atoms with Crippen molar-refractivity contribution >= 4 is 23.2 Å². The summed E-state index contributed by atoms with van der Waals surface area (Å²) in [7, 11) is 1.92. The average molecular weight is 265 g/mol. The van der Waals surface area contributed by atoms with Gasteiger partial charge in [0.1, 0.15) is 6.07 Å². The first kappa shape index (κ1) is 12.0. The third-order valence-corrected chi connectivity index (χ3v) is 3.61. The molecule has 0 aliphatic rings. The van der Waals surface area contributed by atoms with E-state index in [9.17, 15) is 0 Å². The van der Waals surface area contributed by atoms with Gasteiger partial charge in [0.15, 0.2) is 0 Å². The van der Waals surface area contributed by atoms with Gasteiger partial charge in [-0.05, 0) is 30.7 Å². The summed E-state index contributed by atoms with van der Waals surface area (Å²) in [5.74, 6) is 0. The maximum absolute atomic E-state index is 8.99. The molecule has 0 aliphatic heterocycles. The summed E-state index contributed by atoms with van der Waals surface area (Å²) in [6.45, 7) is 1.92. The average Bonchev–Trinajstić information content (AvgIpc) is 2.60. The number of aromatic nitrogens is 1. The van der Waals surface area contributed by atoms with Crippen LogP contribution in [0.5, 0.6) is 0 Å². The van der Waals surface area contributed by atoms with E-state index in [4.69, 9.17) is 28.5 Å². The van der Waals surface area contributed by atoms with Crippen molar-refractivity contribution in [2.24, 2.45) is 7.05 Å². The van der Waals surface area contributed by atoms with E-state index in [0.717, 1.165) is 17.0 Å². The van der Waals surface area contributed by atoms with Crippen LogP contribution in [0.25, 0.3) is 11.3 Å². The molecule has 0 saturated heterocycles. The van der Waals surface area contributed by atoms with Crippen LogP contribution in [0.4, 0.5) is 0 Å². The standard InChI is InChI=1S/C13H10Cl2N2/c1-8-10(7-16)6-13(17(8)2)9-3-4-11(14)12(15)5-9/h3-6H,1-2H3. The minimum Gasteiger partial charge on any atom is -0.347 e. The lowest BCUT2D eigenvalue weighted by molar-refractivity contribution is 0.889. The molecule has 0 N–H and O–H groups in total. The number of hydrogen-bond acceptors (Lipinski definition) is 1. The summed E-state index contributed by atoms with van der Waals surface area (Å²) in [5, 5.41) is 10.0. The lowest BCUT2D eigenvalue weighted by Gasteiger charge is -2.06. The van der Waals surface area contributed by atoms with Crippen LogP contribution in [-0.2, 0) is 7.05 Å². The number of halogens is 2. The Morgan fingerprint density at radius 3 is 2.41 bits per heavy atom. The molecular formula is C13H10Cl2N2. The van der Waals surface area contributed by atoms with E-state index in [1.54, 1.807) is 12.1 Å². The molecule has 1 aromatic heterocycles. The summed E-state index contributed by atoms with van der Waals surface area (Å²) in [5.41, 5.74) is 3.52. The van der Waals surface area contributed by atoms with Crippen molar-refractivity contribution in [3.05, 3.63) is 45.6 Å². The molecule has 4 heteroatoms. The fourth-order valence-electron chi connectivity index (χ4n) is 1.74. The van der Waals surface area contributed by atoms with Gasteiger partial charge in [0.2, 0.25) is 0 Å². The van der Waals surface area contributed by atoms with Gasteiger partial charge in [-0.2, -0.15) is 5.26 Å². The van der Waals surface area contributed by atoms with Crippen molar-refractivity contribution < 1.29 is 0 Å². The second-order valence-electron chi connectivity index (χ2n) is 3.83. The summed E-state index contributed by atoms with van der Waals surface area (Å²) >= 11 is 11.9. The van der Waals surface area contributed by atoms with Crippen LogP contribution in [0.2, 0.25) is 10.0 Å². The molecule has 0 fully saturated rings. The first-order valence-corrected chi connectivity index (χ1v) is 5.82. The lowest BCUT2D eigenvalue weighted by atomic mass is 10.1. The molecule has 17 heavy (non-hydrogen) atoms. The third kappa shape index (κ3) is 2.04. The molecule has 0 unspecified atom stereocenters. The Labute approximate surface area is 110 Å². The summed E-state index contributed by atoms with van der Waals surface area (Å²) < 4.78 is 1.97. The Hall–Kier alpha value is -1.43. The van der Waals surface area contributed by atoms with E-state index >= 15 is 0 Å². The predicted molar refractivity (Wildman–Crippen MR) is 70.3 cm³/mol. The van der Waals surface area contributed by atoms with Crippen molar-refractivity contribution in [3.8, 4) is 17.3 Å². The largest absolute Gasteiger partial charge is 0.347 e. The minimum atomic E-state index is 0.515. The molecule has 0 aliphatic carbocycles. The second-order valence-corrected chi connectivity index (χ2v) is 4.64. The highest BCUT2D eigenvalue weighted by Gasteiger charge is 2.11. The van der Waals surface area contributed by atoms with Crippen LogP contribution >= 0.6 is 23.2 Å². The molecule has 1 aromatic carbocycles. The van der Waals surface area contributed by atoms with Crippen LogP contribution in [0.15, 0.2) is 24.3 Å². The fourth-order valence-corrected chi connectivity index (χ4v) is 2.04. The Morgan fingerprint density at radius 1 is 1.18 bits per heavy atom. The first-order valence-electron chi connectivity index (χ1n) is 5.06. The van der Waals surface area contributed by atoms with Crippen molar-refractivity contribution in [1.82, 2.24) is 4.57 Å². The van der Waals surface area contributed by atoms with Crippen molar-refractivity contribution in [3.63, 3.8) is 0 Å². The highest BCUT2D eigenvalue weighted by Crippen LogP contribution is 2.30. The van der Waals surface area contributed by atoms with Gasteiger partial charge in [0.05, 0.1) is 15.6 Å². The number of nitrogens with zero attached hydrogens (tertiary/aromatic N) is 2. The maximum atomic E-state index is 8.99. The number of nitriles is 1. The molecule has 0 saturated carbocycles. The topological polar surface area (TPSA) is 28.7 Å².